The van der Waals surface area contributed by atoms with Crippen LogP contribution in [-0.2, 0) is 0 Å². The molecule has 11 heteroatoms. The maximum absolute atomic E-state index is 14.4. The molecule has 0 amide bonds. The lowest BCUT2D eigenvalue weighted by molar-refractivity contribution is 0.583. The molecule has 7 nitrogen and oxygen atoms in total. The first-order chi connectivity index (χ1) is 28.3. The lowest BCUT2D eigenvalue weighted by Crippen LogP contribution is -2.02. The number of imidazole rings is 2. The minimum atomic E-state index is -0.695. The minimum absolute atomic E-state index is 0.304. The van der Waals surface area contributed by atoms with Gasteiger partial charge in [0.2, 0.25) is 0 Å². The van der Waals surface area contributed by atoms with Crippen molar-refractivity contribution in [1.29, 1.82) is 0 Å². The predicted octanol–water partition coefficient (Wildman–Crippen LogP) is 11.4. The number of aromatic nitrogens is 7. The molecule has 0 N–H and O–H groups in total. The normalized spacial score (nSPS) is 11.4. The molecular weight excluding hydrogens is 739 g/mol. The zero-order valence-corrected chi connectivity index (χ0v) is 30.2. The van der Waals surface area contributed by atoms with Crippen LogP contribution in [0, 0.1) is 23.3 Å². The van der Waals surface area contributed by atoms with Crippen LogP contribution in [0.5, 0.6) is 0 Å². The van der Waals surface area contributed by atoms with Gasteiger partial charge in [0, 0.05) is 51.3 Å². The monoisotopic (exact) mass is 765 g/mol. The summed E-state index contributed by atoms with van der Waals surface area (Å²) in [4.78, 5) is 24.2. The van der Waals surface area contributed by atoms with E-state index in [1.165, 1.54) is 24.3 Å². The Morgan fingerprint density at radius 1 is 0.310 bits per heavy atom. The summed E-state index contributed by atoms with van der Waals surface area (Å²) in [5.74, 6) is -0.666. The Bertz CT molecular complexity index is 2930. The van der Waals surface area contributed by atoms with Crippen LogP contribution in [0.4, 0.5) is 17.6 Å². The number of para-hydroxylation sites is 4. The molecular formula is C47H27F4N7. The molecule has 7 aromatic carbocycles. The third kappa shape index (κ3) is 6.34. The summed E-state index contributed by atoms with van der Waals surface area (Å²) in [6.07, 6.45) is 0. The molecule has 0 fully saturated rings. The Hall–Kier alpha value is -7.79. The van der Waals surface area contributed by atoms with Gasteiger partial charge in [0.1, 0.15) is 34.9 Å². The third-order valence-corrected chi connectivity index (χ3v) is 9.80. The SMILES string of the molecule is Fc1cc(F)cc(-c2nc3ccccc3n2-c2ccc(-c3nc(-c4ccccc4)nc(-c4ccc(-n5c(-c6cc(F)cc(F)c6)nc6ccccc65)cc4)n3)cc2)c1. The molecule has 0 bridgehead atoms. The standard InChI is InChI=1S/C47H27F4N7/c48-33-22-31(23-34(49)26-33)46-52-39-10-4-6-12-41(39)57(46)37-18-14-29(15-19-37)44-54-43(28-8-2-1-3-9-28)55-45(56-44)30-16-20-38(21-17-30)58-42-13-7-5-11-40(42)53-47(58)32-24-35(50)27-36(51)25-32/h1-27H. The topological polar surface area (TPSA) is 74.3 Å². The number of benzene rings is 7. The van der Waals surface area contributed by atoms with Crippen molar-refractivity contribution < 1.29 is 17.6 Å². The number of hydrogen-bond acceptors (Lipinski definition) is 5. The third-order valence-electron chi connectivity index (χ3n) is 9.80. The van der Waals surface area contributed by atoms with Crippen molar-refractivity contribution in [3.8, 4) is 68.3 Å². The van der Waals surface area contributed by atoms with E-state index in [0.29, 0.717) is 62.4 Å². The Balaban J connectivity index is 1.06. The molecule has 0 atom stereocenters. The Morgan fingerprint density at radius 2 is 0.655 bits per heavy atom. The van der Waals surface area contributed by atoms with Crippen LogP contribution in [0.2, 0.25) is 0 Å². The molecule has 10 aromatic rings. The molecule has 58 heavy (non-hydrogen) atoms. The highest BCUT2D eigenvalue weighted by Crippen LogP contribution is 2.33. The van der Waals surface area contributed by atoms with Crippen molar-refractivity contribution in [2.24, 2.45) is 0 Å². The van der Waals surface area contributed by atoms with E-state index in [4.69, 9.17) is 24.9 Å². The highest BCUT2D eigenvalue weighted by molar-refractivity contribution is 5.85. The quantitative estimate of drug-likeness (QED) is 0.151. The molecule has 0 aliphatic carbocycles. The maximum atomic E-state index is 14.4. The molecule has 0 saturated heterocycles. The molecule has 278 valence electrons. The molecule has 0 radical (unpaired) electrons. The highest BCUT2D eigenvalue weighted by atomic mass is 19.1. The van der Waals surface area contributed by atoms with E-state index in [-0.39, 0.29) is 0 Å². The second-order valence-electron chi connectivity index (χ2n) is 13.6. The largest absolute Gasteiger partial charge is 0.292 e. The fraction of sp³-hybridized carbons (Fsp3) is 0. The van der Waals surface area contributed by atoms with E-state index in [0.717, 1.165) is 40.1 Å². The number of nitrogens with zero attached hydrogens (tertiary/aromatic N) is 7. The van der Waals surface area contributed by atoms with Crippen molar-refractivity contribution in [2.45, 2.75) is 0 Å². The number of halogens is 4. The number of hydrogen-bond donors (Lipinski definition) is 0. The predicted molar refractivity (Wildman–Crippen MR) is 216 cm³/mol. The molecule has 0 saturated carbocycles. The molecule has 0 unspecified atom stereocenters. The smallest absolute Gasteiger partial charge is 0.164 e. The fourth-order valence-corrected chi connectivity index (χ4v) is 7.20. The molecule has 0 spiro atoms. The van der Waals surface area contributed by atoms with Gasteiger partial charge in [-0.05, 0) is 97.1 Å². The van der Waals surface area contributed by atoms with Gasteiger partial charge in [-0.25, -0.2) is 42.5 Å². The molecule has 3 heterocycles. The van der Waals surface area contributed by atoms with E-state index < -0.39 is 23.3 Å². The lowest BCUT2D eigenvalue weighted by atomic mass is 10.1. The van der Waals surface area contributed by atoms with Crippen molar-refractivity contribution in [2.75, 3.05) is 0 Å². The molecule has 10 rings (SSSR count). The number of fused-ring (bicyclic) bond motifs is 2. The van der Waals surface area contributed by atoms with Crippen LogP contribution in [0.25, 0.3) is 90.4 Å². The summed E-state index contributed by atoms with van der Waals surface area (Å²) in [6, 6.07) is 46.4. The zero-order valence-electron chi connectivity index (χ0n) is 30.2. The van der Waals surface area contributed by atoms with Crippen LogP contribution >= 0.6 is 0 Å². The average molecular weight is 766 g/mol. The summed E-state index contributed by atoms with van der Waals surface area (Å²) in [6.45, 7) is 0. The van der Waals surface area contributed by atoms with Crippen LogP contribution in [0.3, 0.4) is 0 Å². The van der Waals surface area contributed by atoms with Gasteiger partial charge in [0.25, 0.3) is 0 Å². The van der Waals surface area contributed by atoms with Crippen LogP contribution in [0.1, 0.15) is 0 Å². The van der Waals surface area contributed by atoms with Gasteiger partial charge in [-0.15, -0.1) is 0 Å². The summed E-state index contributed by atoms with van der Waals surface area (Å²) in [5, 5.41) is 0. The van der Waals surface area contributed by atoms with E-state index >= 15 is 0 Å². The second-order valence-corrected chi connectivity index (χ2v) is 13.6. The number of rotatable bonds is 7. The van der Waals surface area contributed by atoms with Crippen molar-refractivity contribution in [3.05, 3.63) is 187 Å². The van der Waals surface area contributed by atoms with Crippen molar-refractivity contribution in [3.63, 3.8) is 0 Å². The summed E-state index contributed by atoms with van der Waals surface area (Å²) < 4.78 is 61.2. The van der Waals surface area contributed by atoms with Crippen LogP contribution in [0.15, 0.2) is 164 Å². The Labute approximate surface area is 328 Å². The summed E-state index contributed by atoms with van der Waals surface area (Å²) in [5.41, 5.74) is 7.15. The van der Waals surface area contributed by atoms with E-state index in [1.807, 2.05) is 137 Å². The molecule has 0 aliphatic heterocycles. The average Bonchev–Trinajstić information content (AvgIpc) is 3.83. The first-order valence-electron chi connectivity index (χ1n) is 18.3. The molecule has 3 aromatic heterocycles. The fourth-order valence-electron chi connectivity index (χ4n) is 7.20. The summed E-state index contributed by atoms with van der Waals surface area (Å²) >= 11 is 0. The first-order valence-corrected chi connectivity index (χ1v) is 18.3. The van der Waals surface area contributed by atoms with Gasteiger partial charge in [-0.1, -0.05) is 54.6 Å². The van der Waals surface area contributed by atoms with Gasteiger partial charge in [-0.3, -0.25) is 9.13 Å². The zero-order chi connectivity index (χ0) is 39.3. The molecule has 0 aliphatic rings. The van der Waals surface area contributed by atoms with Gasteiger partial charge in [-0.2, -0.15) is 0 Å². The van der Waals surface area contributed by atoms with Gasteiger partial charge >= 0.3 is 0 Å². The maximum Gasteiger partial charge on any atom is 0.164 e. The van der Waals surface area contributed by atoms with Gasteiger partial charge < -0.3 is 0 Å². The van der Waals surface area contributed by atoms with Crippen LogP contribution < -0.4 is 0 Å². The minimum Gasteiger partial charge on any atom is -0.292 e. The van der Waals surface area contributed by atoms with E-state index in [9.17, 15) is 17.6 Å². The Kier molecular flexibility index (Phi) is 8.40. The van der Waals surface area contributed by atoms with Crippen molar-refractivity contribution in [1.82, 2.24) is 34.1 Å². The first kappa shape index (κ1) is 34.7. The van der Waals surface area contributed by atoms with E-state index in [1.54, 1.807) is 0 Å². The van der Waals surface area contributed by atoms with Gasteiger partial charge in [0.15, 0.2) is 17.5 Å². The highest BCUT2D eigenvalue weighted by Gasteiger charge is 2.19. The lowest BCUT2D eigenvalue weighted by Gasteiger charge is -2.13. The Morgan fingerprint density at radius 3 is 1.05 bits per heavy atom. The summed E-state index contributed by atoms with van der Waals surface area (Å²) in [7, 11) is 0. The second kappa shape index (κ2) is 14.1. The van der Waals surface area contributed by atoms with E-state index in [2.05, 4.69) is 0 Å². The van der Waals surface area contributed by atoms with Crippen molar-refractivity contribution >= 4 is 22.1 Å². The van der Waals surface area contributed by atoms with Gasteiger partial charge in [0.05, 0.1) is 22.1 Å². The van der Waals surface area contributed by atoms with Crippen LogP contribution in [-0.4, -0.2) is 34.1 Å².